The van der Waals surface area contributed by atoms with Crippen molar-refractivity contribution in [1.29, 1.82) is 0 Å². The Kier molecular flexibility index (Phi) is 6.12. The number of halogens is 2. The summed E-state index contributed by atoms with van der Waals surface area (Å²) in [6.07, 6.45) is 0. The zero-order valence-corrected chi connectivity index (χ0v) is 12.3. The maximum atomic E-state index is 11.9. The van der Waals surface area contributed by atoms with Crippen molar-refractivity contribution in [3.8, 4) is 0 Å². The number of carbonyl (C=O) groups excluding carboxylic acids is 2. The molecule has 0 heterocycles. The van der Waals surface area contributed by atoms with Gasteiger partial charge >= 0.3 is 0 Å². The molecule has 7 heteroatoms. The van der Waals surface area contributed by atoms with Crippen LogP contribution in [0.25, 0.3) is 0 Å². The minimum atomic E-state index is -0.810. The van der Waals surface area contributed by atoms with Crippen molar-refractivity contribution in [2.75, 3.05) is 12.3 Å². The third kappa shape index (κ3) is 4.61. The van der Waals surface area contributed by atoms with Gasteiger partial charge < -0.3 is 16.8 Å². The van der Waals surface area contributed by atoms with Crippen molar-refractivity contribution < 1.29 is 9.59 Å². The maximum Gasteiger partial charge on any atom is 0.252 e. The number of hydrogen-bond donors (Lipinski definition) is 3. The van der Waals surface area contributed by atoms with E-state index in [2.05, 4.69) is 5.32 Å². The molecule has 0 saturated heterocycles. The maximum absolute atomic E-state index is 11.9. The lowest BCUT2D eigenvalue weighted by Gasteiger charge is -2.20. The molecular weight excluding hydrogens is 289 g/mol. The number of carbonyl (C=O) groups is 2. The van der Waals surface area contributed by atoms with Crippen LogP contribution in [0.2, 0.25) is 5.02 Å². The second-order valence-corrected chi connectivity index (χ2v) is 5.08. The number of amides is 2. The fourth-order valence-electron chi connectivity index (χ4n) is 1.20. The number of hydrogen-bond acceptors (Lipinski definition) is 3. The van der Waals surface area contributed by atoms with E-state index in [1.807, 2.05) is 0 Å². The molecule has 0 atom stereocenters. The van der Waals surface area contributed by atoms with E-state index in [9.17, 15) is 9.59 Å². The lowest BCUT2D eigenvalue weighted by atomic mass is 9.92. The van der Waals surface area contributed by atoms with E-state index in [0.29, 0.717) is 11.3 Å². The van der Waals surface area contributed by atoms with Crippen molar-refractivity contribution in [2.45, 2.75) is 13.8 Å². The summed E-state index contributed by atoms with van der Waals surface area (Å²) in [6, 6.07) is 4.61. The van der Waals surface area contributed by atoms with Crippen molar-refractivity contribution in [3.63, 3.8) is 0 Å². The zero-order valence-electron chi connectivity index (χ0n) is 10.7. The zero-order chi connectivity index (χ0) is 13.9. The number of nitrogens with one attached hydrogen (secondary N) is 1. The van der Waals surface area contributed by atoms with Crippen LogP contribution in [-0.4, -0.2) is 18.4 Å². The Morgan fingerprint density at radius 1 is 1.37 bits per heavy atom. The van der Waals surface area contributed by atoms with Crippen LogP contribution in [0, 0.1) is 5.41 Å². The highest BCUT2D eigenvalue weighted by atomic mass is 35.5. The second-order valence-electron chi connectivity index (χ2n) is 4.67. The van der Waals surface area contributed by atoms with E-state index in [1.54, 1.807) is 19.9 Å². The van der Waals surface area contributed by atoms with Gasteiger partial charge in [0, 0.05) is 12.2 Å². The van der Waals surface area contributed by atoms with E-state index >= 15 is 0 Å². The summed E-state index contributed by atoms with van der Waals surface area (Å²) in [4.78, 5) is 23.0. The minimum Gasteiger partial charge on any atom is -0.399 e. The predicted octanol–water partition coefficient (Wildman–Crippen LogP) is 1.59. The lowest BCUT2D eigenvalue weighted by molar-refractivity contribution is -0.125. The Balaban J connectivity index is 0.00000324. The molecule has 1 aromatic rings. The fourth-order valence-corrected chi connectivity index (χ4v) is 1.47. The summed E-state index contributed by atoms with van der Waals surface area (Å²) >= 11 is 5.90. The summed E-state index contributed by atoms with van der Waals surface area (Å²) < 4.78 is 0. The number of primary amides is 1. The first-order valence-electron chi connectivity index (χ1n) is 5.37. The van der Waals surface area contributed by atoms with Crippen LogP contribution < -0.4 is 16.8 Å². The highest BCUT2D eigenvalue weighted by Crippen LogP contribution is 2.19. The summed E-state index contributed by atoms with van der Waals surface area (Å²) in [5, 5.41) is 2.88. The SMILES string of the molecule is CC(C)(CNC(=O)c1ccc(N)cc1Cl)C(N)=O.Cl. The van der Waals surface area contributed by atoms with Gasteiger partial charge in [-0.3, -0.25) is 9.59 Å². The Hall–Kier alpha value is -1.46. The summed E-state index contributed by atoms with van der Waals surface area (Å²) in [5.41, 5.74) is 10.7. The minimum absolute atomic E-state index is 0. The van der Waals surface area contributed by atoms with Gasteiger partial charge in [0.25, 0.3) is 5.91 Å². The van der Waals surface area contributed by atoms with Crippen LogP contribution in [0.5, 0.6) is 0 Å². The molecule has 5 N–H and O–H groups in total. The molecule has 0 aliphatic heterocycles. The third-order valence-corrected chi connectivity index (χ3v) is 2.91. The second kappa shape index (κ2) is 6.63. The van der Waals surface area contributed by atoms with Crippen LogP contribution >= 0.6 is 24.0 Å². The first kappa shape index (κ1) is 17.5. The fraction of sp³-hybridized carbons (Fsp3) is 0.333. The average Bonchev–Trinajstić information content (AvgIpc) is 2.25. The monoisotopic (exact) mass is 305 g/mol. The standard InChI is InChI=1S/C12H16ClN3O2.ClH/c1-12(2,11(15)18)6-16-10(17)8-4-3-7(14)5-9(8)13;/h3-5H,6,14H2,1-2H3,(H2,15,18)(H,16,17);1H. The number of rotatable bonds is 4. The molecule has 106 valence electrons. The number of nitrogen functional groups attached to an aromatic ring is 1. The normalized spacial score (nSPS) is 10.5. The molecule has 5 nitrogen and oxygen atoms in total. The number of benzene rings is 1. The van der Waals surface area contributed by atoms with Gasteiger partial charge in [0.15, 0.2) is 0 Å². The van der Waals surface area contributed by atoms with E-state index in [-0.39, 0.29) is 29.9 Å². The smallest absolute Gasteiger partial charge is 0.252 e. The van der Waals surface area contributed by atoms with Gasteiger partial charge in [-0.25, -0.2) is 0 Å². The molecule has 0 saturated carbocycles. The Morgan fingerprint density at radius 3 is 2.42 bits per heavy atom. The van der Waals surface area contributed by atoms with Crippen molar-refractivity contribution in [1.82, 2.24) is 5.32 Å². The average molecular weight is 306 g/mol. The Bertz CT molecular complexity index is 490. The topological polar surface area (TPSA) is 98.2 Å². The van der Waals surface area contributed by atoms with E-state index in [0.717, 1.165) is 0 Å². The first-order valence-corrected chi connectivity index (χ1v) is 5.75. The van der Waals surface area contributed by atoms with Gasteiger partial charge in [0.2, 0.25) is 5.91 Å². The third-order valence-electron chi connectivity index (χ3n) is 2.60. The molecule has 0 unspecified atom stereocenters. The van der Waals surface area contributed by atoms with Crippen LogP contribution in [0.1, 0.15) is 24.2 Å². The van der Waals surface area contributed by atoms with Crippen LogP contribution in [0.4, 0.5) is 5.69 Å². The quantitative estimate of drug-likeness (QED) is 0.737. The van der Waals surface area contributed by atoms with Crippen LogP contribution in [0.15, 0.2) is 18.2 Å². The molecule has 2 amide bonds. The molecule has 19 heavy (non-hydrogen) atoms. The Morgan fingerprint density at radius 2 is 1.95 bits per heavy atom. The van der Waals surface area contributed by atoms with Crippen molar-refractivity contribution in [2.24, 2.45) is 11.1 Å². The van der Waals surface area contributed by atoms with Gasteiger partial charge in [-0.2, -0.15) is 0 Å². The van der Waals surface area contributed by atoms with Gasteiger partial charge in [0.05, 0.1) is 16.0 Å². The van der Waals surface area contributed by atoms with E-state index in [1.165, 1.54) is 12.1 Å². The summed E-state index contributed by atoms with van der Waals surface area (Å²) in [5.74, 6) is -0.847. The highest BCUT2D eigenvalue weighted by Gasteiger charge is 2.25. The van der Waals surface area contributed by atoms with Crippen LogP contribution in [-0.2, 0) is 4.79 Å². The van der Waals surface area contributed by atoms with Crippen LogP contribution in [0.3, 0.4) is 0 Å². The van der Waals surface area contributed by atoms with E-state index in [4.69, 9.17) is 23.1 Å². The van der Waals surface area contributed by atoms with E-state index < -0.39 is 11.3 Å². The van der Waals surface area contributed by atoms with Crippen molar-refractivity contribution >= 4 is 41.5 Å². The Labute approximate surface area is 123 Å². The molecule has 0 fully saturated rings. The molecule has 1 aromatic carbocycles. The first-order chi connectivity index (χ1) is 8.24. The predicted molar refractivity (Wildman–Crippen MR) is 78.4 cm³/mol. The van der Waals surface area contributed by atoms with Crippen molar-refractivity contribution in [3.05, 3.63) is 28.8 Å². The largest absolute Gasteiger partial charge is 0.399 e. The molecule has 0 radical (unpaired) electrons. The van der Waals surface area contributed by atoms with Gasteiger partial charge in [-0.15, -0.1) is 12.4 Å². The molecule has 1 rings (SSSR count). The molecule has 0 aliphatic rings. The van der Waals surface area contributed by atoms with Gasteiger partial charge in [0.1, 0.15) is 0 Å². The molecule has 0 aromatic heterocycles. The molecule has 0 bridgehead atoms. The number of anilines is 1. The molecule has 0 aliphatic carbocycles. The number of nitrogens with two attached hydrogens (primary N) is 2. The summed E-state index contributed by atoms with van der Waals surface area (Å²) in [7, 11) is 0. The van der Waals surface area contributed by atoms with Gasteiger partial charge in [-0.05, 0) is 32.0 Å². The van der Waals surface area contributed by atoms with Gasteiger partial charge in [-0.1, -0.05) is 11.6 Å². The summed E-state index contributed by atoms with van der Waals surface area (Å²) in [6.45, 7) is 3.45. The molecule has 0 spiro atoms. The highest BCUT2D eigenvalue weighted by molar-refractivity contribution is 6.34. The molecular formula is C12H17Cl2N3O2. The lowest BCUT2D eigenvalue weighted by Crippen LogP contribution is -2.42.